The van der Waals surface area contributed by atoms with Crippen molar-refractivity contribution >= 4 is 74.5 Å². The molecular formula is C37H66N2O22P4S2-8. The Labute approximate surface area is 395 Å². The zero-order valence-electron chi connectivity index (χ0n) is 39.2. The van der Waals surface area contributed by atoms with Gasteiger partial charge in [0.25, 0.3) is 0 Å². The molecule has 0 fully saturated rings. The number of carbonyl (C=O) groups excluding carboxylic acids is 4. The second-order valence-corrected chi connectivity index (χ2v) is 26.2. The Morgan fingerprint density at radius 2 is 0.985 bits per heavy atom. The van der Waals surface area contributed by atoms with Crippen LogP contribution in [0.3, 0.4) is 0 Å². The number of ketones is 2. The smallest absolute Gasteiger partial charge is 0.245 e. The van der Waals surface area contributed by atoms with Gasteiger partial charge in [-0.25, -0.2) is 16.8 Å². The van der Waals surface area contributed by atoms with Crippen molar-refractivity contribution in [2.75, 3.05) is 50.0 Å². The molecule has 4 atom stereocenters. The molecule has 0 aromatic rings. The lowest BCUT2D eigenvalue weighted by molar-refractivity contribution is -0.340. The van der Waals surface area contributed by atoms with Gasteiger partial charge in [-0.2, -0.15) is 0 Å². The van der Waals surface area contributed by atoms with Gasteiger partial charge in [-0.15, -0.1) is 0 Å². The fourth-order valence-corrected chi connectivity index (χ4v) is 12.3. The van der Waals surface area contributed by atoms with Crippen molar-refractivity contribution in [1.29, 1.82) is 0 Å². The lowest BCUT2D eigenvalue weighted by Crippen LogP contribution is -2.40. The summed E-state index contributed by atoms with van der Waals surface area (Å²) in [5, 5.41) is 0. The van der Waals surface area contributed by atoms with Crippen LogP contribution >= 0.6 is 30.8 Å². The Balaban J connectivity index is -0.00000106. The van der Waals surface area contributed by atoms with Crippen molar-refractivity contribution in [1.82, 2.24) is 9.80 Å². The zero-order chi connectivity index (χ0) is 53.5. The van der Waals surface area contributed by atoms with Gasteiger partial charge in [0, 0.05) is 74.7 Å². The molecule has 396 valence electrons. The number of allylic oxidation sites excluding steroid dienone is 1. The minimum Gasteiger partial charge on any atom is -0.790 e. The molecule has 2 amide bonds. The predicted octanol–water partition coefficient (Wildman–Crippen LogP) is 0.890. The third-order valence-corrected chi connectivity index (χ3v) is 16.5. The van der Waals surface area contributed by atoms with Gasteiger partial charge in [-0.1, -0.05) is 81.4 Å². The molecule has 30 heteroatoms. The maximum absolute atomic E-state index is 13.2. The average Bonchev–Trinajstić information content (AvgIpc) is 3.10. The monoisotopic (exact) mass is 1080 g/mol. The lowest BCUT2D eigenvalue weighted by atomic mass is 9.80. The van der Waals surface area contributed by atoms with E-state index in [0.717, 1.165) is 18.6 Å². The van der Waals surface area contributed by atoms with E-state index in [-0.39, 0.29) is 50.5 Å². The highest BCUT2D eigenvalue weighted by Crippen LogP contribution is 2.50. The summed E-state index contributed by atoms with van der Waals surface area (Å²) in [6.07, 6.45) is 3.97. The number of nitrogens with zero attached hydrogens (tertiary/aromatic N) is 2. The first-order chi connectivity index (χ1) is 30.0. The highest BCUT2D eigenvalue weighted by atomic mass is 32.2. The Morgan fingerprint density at radius 3 is 1.31 bits per heavy atom. The Kier molecular flexibility index (Phi) is 31.9. The van der Waals surface area contributed by atoms with Crippen LogP contribution in [0, 0.1) is 22.7 Å². The van der Waals surface area contributed by atoms with Crippen molar-refractivity contribution in [3.63, 3.8) is 0 Å². The molecule has 24 nitrogen and oxygen atoms in total. The number of Topliss-reactive ketones (excluding diaryl/α,β-unsaturated/α-hetero) is 1. The van der Waals surface area contributed by atoms with E-state index in [2.05, 4.69) is 21.8 Å². The van der Waals surface area contributed by atoms with E-state index in [4.69, 9.17) is 0 Å². The van der Waals surface area contributed by atoms with Crippen LogP contribution in [0.15, 0.2) is 25.3 Å². The van der Waals surface area contributed by atoms with Crippen molar-refractivity contribution in [2.24, 2.45) is 22.7 Å². The molecule has 0 aliphatic carbocycles. The van der Waals surface area contributed by atoms with Crippen LogP contribution in [0.1, 0.15) is 113 Å². The third kappa shape index (κ3) is 38.6. The second-order valence-electron chi connectivity index (χ2n) is 17.0. The highest BCUT2D eigenvalue weighted by Gasteiger charge is 2.32. The van der Waals surface area contributed by atoms with Gasteiger partial charge in [0.05, 0.1) is 35.9 Å². The van der Waals surface area contributed by atoms with Crippen LogP contribution in [-0.4, -0.2) is 109 Å². The largest absolute Gasteiger partial charge is 0.790 e. The van der Waals surface area contributed by atoms with Crippen LogP contribution in [0.4, 0.5) is 0 Å². The van der Waals surface area contributed by atoms with E-state index < -0.39 is 109 Å². The first kappa shape index (κ1) is 69.4. The number of unbranched alkanes of at least 4 members (excludes halogenated alkanes) is 2. The molecule has 0 aliphatic rings. The SMILES string of the molecule is C=CC(=O)CC(C)(C)CS(=O)(=O)[O-].C=CC(=O)N(CCCC)CCP(=O)([O-])OP(=O)([O-])[O-].CCCCN(CCP(=O)([O-])OP(=O)([O-])[O-])C(=O)C(CC)CC(CC)C(=O)CC(C)(C)CS(=O)(=O)[O-]. The third-order valence-electron chi connectivity index (χ3n) is 9.12. The molecule has 0 aromatic carbocycles. The van der Waals surface area contributed by atoms with E-state index in [1.807, 2.05) is 13.8 Å². The number of hydrogen-bond donors (Lipinski definition) is 0. The maximum Gasteiger partial charge on any atom is 0.245 e. The van der Waals surface area contributed by atoms with Gasteiger partial charge in [0.2, 0.25) is 11.8 Å². The summed E-state index contributed by atoms with van der Waals surface area (Å²) in [7, 11) is -30.0. The molecular weight excluding hydrogens is 1010 g/mol. The van der Waals surface area contributed by atoms with Gasteiger partial charge >= 0.3 is 0 Å². The molecule has 0 heterocycles. The lowest BCUT2D eigenvalue weighted by Gasteiger charge is -2.37. The van der Waals surface area contributed by atoms with Crippen molar-refractivity contribution in [3.05, 3.63) is 25.3 Å². The maximum atomic E-state index is 13.2. The number of rotatable bonds is 32. The molecule has 0 aromatic heterocycles. The molecule has 0 spiro atoms. The summed E-state index contributed by atoms with van der Waals surface area (Å²) < 4.78 is 116. The zero-order valence-corrected chi connectivity index (χ0v) is 44.4. The minimum atomic E-state index is -5.76. The summed E-state index contributed by atoms with van der Waals surface area (Å²) in [6.45, 7) is 19.8. The summed E-state index contributed by atoms with van der Waals surface area (Å²) >= 11 is 0. The van der Waals surface area contributed by atoms with Gasteiger partial charge in [0.1, 0.15) is 21.0 Å². The van der Waals surface area contributed by atoms with Crippen LogP contribution in [0.5, 0.6) is 0 Å². The fourth-order valence-electron chi connectivity index (χ4n) is 6.15. The average molecular weight is 1080 g/mol. The summed E-state index contributed by atoms with van der Waals surface area (Å²) in [5.41, 5.74) is -1.88. The van der Waals surface area contributed by atoms with E-state index >= 15 is 0 Å². The Hall–Kier alpha value is -1.82. The van der Waals surface area contributed by atoms with Crippen molar-refractivity contribution < 1.29 is 101 Å². The van der Waals surface area contributed by atoms with Gasteiger partial charge in [-0.05, 0) is 55.1 Å². The molecule has 0 saturated carbocycles. The Bertz CT molecular complexity index is 2040. The number of hydrogen-bond acceptors (Lipinski definition) is 22. The normalized spacial score (nSPS) is 15.2. The topological polar surface area (TPSA) is 414 Å². The molecule has 0 radical (unpaired) electrons. The molecule has 0 rings (SSSR count). The number of carbonyl (C=O) groups is 4. The van der Waals surface area contributed by atoms with Crippen molar-refractivity contribution in [2.45, 2.75) is 113 Å². The van der Waals surface area contributed by atoms with Crippen LogP contribution in [0.25, 0.3) is 0 Å². The van der Waals surface area contributed by atoms with Gasteiger partial charge < -0.3 is 75.1 Å². The van der Waals surface area contributed by atoms with Crippen molar-refractivity contribution in [3.8, 4) is 0 Å². The summed E-state index contributed by atoms with van der Waals surface area (Å²) in [4.78, 5) is 116. The molecule has 0 aliphatic heterocycles. The first-order valence-corrected chi connectivity index (χ1v) is 30.4. The quantitative estimate of drug-likeness (QED) is 0.0513. The van der Waals surface area contributed by atoms with E-state index in [1.165, 1.54) is 23.6 Å². The molecule has 0 N–H and O–H groups in total. The van der Waals surface area contributed by atoms with E-state index in [9.17, 15) is 92.7 Å². The molecule has 0 bridgehead atoms. The van der Waals surface area contributed by atoms with Crippen LogP contribution in [-0.2, 0) is 66.3 Å². The molecule has 67 heavy (non-hydrogen) atoms. The molecule has 0 saturated heterocycles. The summed E-state index contributed by atoms with van der Waals surface area (Å²) in [6, 6.07) is 0. The van der Waals surface area contributed by atoms with E-state index in [1.54, 1.807) is 27.7 Å². The first-order valence-electron chi connectivity index (χ1n) is 20.8. The minimum absolute atomic E-state index is 0.0258. The fraction of sp³-hybridized carbons (Fsp3) is 0.784. The summed E-state index contributed by atoms with van der Waals surface area (Å²) in [5.74, 6) is -3.86. The Morgan fingerprint density at radius 1 is 0.612 bits per heavy atom. The van der Waals surface area contributed by atoms with Crippen LogP contribution in [0.2, 0.25) is 0 Å². The van der Waals surface area contributed by atoms with E-state index in [0.29, 0.717) is 38.6 Å². The predicted molar refractivity (Wildman–Crippen MR) is 234 cm³/mol. The number of amides is 2. The standard InChI is InChI=1S/C20H41NO11P2S.C9H19NO7P2.C8H14O4S/c1-6-9-10-21(11-12-33(24,25)32-34(26,27)28)19(23)17(8-3)13-16(7-2)18(22)14-20(4,5)15-35(29,30)31;1-3-5-6-10(9(11)4-2)7-8-18(12,13)17-19(14,15)16;1-4-7(9)5-8(2,3)6-13(10,11)12/h16-17H,6-15H2,1-5H3,(H,24,25)(H2,26,27,28)(H,29,30,31);4H,2-3,5-8H2,1H3,(H,12,13)(H2,14,15,16);4H,1,5-6H2,2-3H3,(H,10,11,12)/p-8. The van der Waals surface area contributed by atoms with Crippen LogP contribution < -0.4 is 29.4 Å². The second kappa shape index (κ2) is 30.8. The van der Waals surface area contributed by atoms with Gasteiger partial charge in [0.15, 0.2) is 5.78 Å². The highest BCUT2D eigenvalue weighted by molar-refractivity contribution is 7.86. The van der Waals surface area contributed by atoms with Gasteiger partial charge in [-0.3, -0.25) is 19.2 Å². The molecule has 4 unspecified atom stereocenters. The number of phosphoric acid groups is 2.